The molecule has 108 valence electrons. The maximum absolute atomic E-state index is 12.5. The smallest absolute Gasteiger partial charge is 0.245 e. The molecule has 1 aromatic heterocycles. The zero-order valence-corrected chi connectivity index (χ0v) is 13.3. The molecule has 1 aromatic carbocycles. The maximum Gasteiger partial charge on any atom is 0.245 e. The van der Waals surface area contributed by atoms with Gasteiger partial charge in [0.1, 0.15) is 6.04 Å². The van der Waals surface area contributed by atoms with Gasteiger partial charge in [0, 0.05) is 13.1 Å². The molecule has 0 saturated carbocycles. The van der Waals surface area contributed by atoms with E-state index in [-0.39, 0.29) is 11.9 Å². The number of likely N-dealkylation sites (N-methyl/N-ethyl adjacent to an activating group) is 1. The number of aromatic nitrogens is 2. The zero-order chi connectivity index (χ0) is 14.9. The standard InChI is InChI=1S/C15H21N3OS/c1-5-17(6-2)14(19)11(4)18-13-8-7-10(3)9-12(13)16-15(18)20/h7-9,11H,5-6H2,1-4H3,(H,16,20). The number of carbonyl (C=O) groups is 1. The second-order valence-corrected chi connectivity index (χ2v) is 5.39. The van der Waals surface area contributed by atoms with Gasteiger partial charge in [0.15, 0.2) is 4.77 Å². The van der Waals surface area contributed by atoms with Gasteiger partial charge < -0.3 is 14.5 Å². The Morgan fingerprint density at radius 1 is 1.40 bits per heavy atom. The topological polar surface area (TPSA) is 41.0 Å². The molecule has 0 aliphatic rings. The third-order valence-corrected chi connectivity index (χ3v) is 3.99. The average Bonchev–Trinajstić information content (AvgIpc) is 2.74. The van der Waals surface area contributed by atoms with E-state index in [9.17, 15) is 4.79 Å². The summed E-state index contributed by atoms with van der Waals surface area (Å²) >= 11 is 5.39. The van der Waals surface area contributed by atoms with Crippen molar-refractivity contribution in [2.75, 3.05) is 13.1 Å². The Morgan fingerprint density at radius 3 is 2.65 bits per heavy atom. The number of amides is 1. The highest BCUT2D eigenvalue weighted by atomic mass is 32.1. The number of imidazole rings is 1. The SMILES string of the molecule is CCN(CC)C(=O)C(C)n1c(=S)[nH]c2cc(C)ccc21. The molecule has 0 aliphatic heterocycles. The number of hydrogen-bond donors (Lipinski definition) is 1. The molecule has 2 rings (SSSR count). The molecule has 1 heterocycles. The van der Waals surface area contributed by atoms with E-state index in [1.807, 2.05) is 49.3 Å². The van der Waals surface area contributed by atoms with Crippen LogP contribution < -0.4 is 0 Å². The number of nitrogens with one attached hydrogen (secondary N) is 1. The van der Waals surface area contributed by atoms with E-state index in [1.165, 1.54) is 5.56 Å². The van der Waals surface area contributed by atoms with E-state index in [0.717, 1.165) is 11.0 Å². The number of aromatic amines is 1. The molecule has 1 N–H and O–H groups in total. The Kier molecular flexibility index (Phi) is 4.28. The summed E-state index contributed by atoms with van der Waals surface area (Å²) in [5.41, 5.74) is 3.13. The Bertz CT molecular complexity index is 682. The van der Waals surface area contributed by atoms with E-state index >= 15 is 0 Å². The van der Waals surface area contributed by atoms with Crippen molar-refractivity contribution in [3.63, 3.8) is 0 Å². The molecule has 0 spiro atoms. The molecule has 0 radical (unpaired) electrons. The summed E-state index contributed by atoms with van der Waals surface area (Å²) in [5, 5.41) is 0. The van der Waals surface area contributed by atoms with Gasteiger partial charge in [-0.1, -0.05) is 6.07 Å². The molecule has 0 aliphatic carbocycles. The number of H-pyrrole nitrogens is 1. The molecule has 5 heteroatoms. The first kappa shape index (κ1) is 14.8. The van der Waals surface area contributed by atoms with Crippen molar-refractivity contribution in [1.82, 2.24) is 14.5 Å². The molecule has 0 fully saturated rings. The van der Waals surface area contributed by atoms with Gasteiger partial charge in [0.25, 0.3) is 0 Å². The van der Waals surface area contributed by atoms with Crippen molar-refractivity contribution >= 4 is 29.2 Å². The van der Waals surface area contributed by atoms with Gasteiger partial charge in [-0.15, -0.1) is 0 Å². The molecule has 1 amide bonds. The fraction of sp³-hybridized carbons (Fsp3) is 0.467. The van der Waals surface area contributed by atoms with Crippen molar-refractivity contribution in [1.29, 1.82) is 0 Å². The largest absolute Gasteiger partial charge is 0.341 e. The number of aryl methyl sites for hydroxylation is 1. The highest BCUT2D eigenvalue weighted by Gasteiger charge is 2.22. The Labute approximate surface area is 124 Å². The third-order valence-electron chi connectivity index (χ3n) is 3.69. The first-order valence-corrected chi connectivity index (χ1v) is 7.40. The van der Waals surface area contributed by atoms with Crippen LogP contribution in [0.25, 0.3) is 11.0 Å². The fourth-order valence-corrected chi connectivity index (χ4v) is 2.91. The minimum absolute atomic E-state index is 0.104. The van der Waals surface area contributed by atoms with Crippen LogP contribution in [0.3, 0.4) is 0 Å². The second kappa shape index (κ2) is 5.79. The summed E-state index contributed by atoms with van der Waals surface area (Å²) in [6, 6.07) is 5.81. The summed E-state index contributed by atoms with van der Waals surface area (Å²) in [6.07, 6.45) is 0. The predicted octanol–water partition coefficient (Wildman–Crippen LogP) is 3.44. The second-order valence-electron chi connectivity index (χ2n) is 5.01. The minimum atomic E-state index is -0.293. The predicted molar refractivity (Wildman–Crippen MR) is 84.5 cm³/mol. The number of hydrogen-bond acceptors (Lipinski definition) is 2. The summed E-state index contributed by atoms with van der Waals surface area (Å²) in [6.45, 7) is 9.36. The molecule has 2 aromatic rings. The van der Waals surface area contributed by atoms with E-state index in [2.05, 4.69) is 11.1 Å². The lowest BCUT2D eigenvalue weighted by Crippen LogP contribution is -2.36. The van der Waals surface area contributed by atoms with Gasteiger partial charge in [-0.2, -0.15) is 0 Å². The van der Waals surface area contributed by atoms with Crippen molar-refractivity contribution in [2.24, 2.45) is 0 Å². The quantitative estimate of drug-likeness (QED) is 0.877. The molecule has 1 atom stereocenters. The molecular formula is C15H21N3OS. The lowest BCUT2D eigenvalue weighted by molar-refractivity contribution is -0.133. The van der Waals surface area contributed by atoms with E-state index < -0.39 is 0 Å². The van der Waals surface area contributed by atoms with Gasteiger partial charge in [-0.25, -0.2) is 0 Å². The van der Waals surface area contributed by atoms with E-state index in [1.54, 1.807) is 0 Å². The average molecular weight is 291 g/mol. The van der Waals surface area contributed by atoms with Crippen LogP contribution in [-0.4, -0.2) is 33.4 Å². The van der Waals surface area contributed by atoms with Gasteiger partial charge >= 0.3 is 0 Å². The third kappa shape index (κ3) is 2.50. The van der Waals surface area contributed by atoms with Crippen LogP contribution in [0.2, 0.25) is 0 Å². The molecule has 0 saturated heterocycles. The van der Waals surface area contributed by atoms with Crippen LogP contribution in [0, 0.1) is 11.7 Å². The number of nitrogens with zero attached hydrogens (tertiary/aromatic N) is 2. The van der Waals surface area contributed by atoms with Crippen molar-refractivity contribution in [3.05, 3.63) is 28.5 Å². The Hall–Kier alpha value is -1.62. The fourth-order valence-electron chi connectivity index (χ4n) is 2.54. The lowest BCUT2D eigenvalue weighted by atomic mass is 10.2. The Morgan fingerprint density at radius 2 is 2.05 bits per heavy atom. The summed E-state index contributed by atoms with van der Waals surface area (Å²) in [4.78, 5) is 17.5. The summed E-state index contributed by atoms with van der Waals surface area (Å²) < 4.78 is 2.50. The summed E-state index contributed by atoms with van der Waals surface area (Å²) in [7, 11) is 0. The molecule has 4 nitrogen and oxygen atoms in total. The summed E-state index contributed by atoms with van der Waals surface area (Å²) in [5.74, 6) is 0.104. The van der Waals surface area contributed by atoms with Gasteiger partial charge in [-0.05, 0) is 57.6 Å². The first-order valence-electron chi connectivity index (χ1n) is 6.99. The van der Waals surface area contributed by atoms with Crippen LogP contribution >= 0.6 is 12.2 Å². The van der Waals surface area contributed by atoms with Crippen LogP contribution in [0.5, 0.6) is 0 Å². The molecule has 1 unspecified atom stereocenters. The van der Waals surface area contributed by atoms with E-state index in [4.69, 9.17) is 12.2 Å². The van der Waals surface area contributed by atoms with Crippen molar-refractivity contribution < 1.29 is 4.79 Å². The van der Waals surface area contributed by atoms with Crippen LogP contribution in [0.4, 0.5) is 0 Å². The van der Waals surface area contributed by atoms with Gasteiger partial charge in [-0.3, -0.25) is 4.79 Å². The molecule has 20 heavy (non-hydrogen) atoms. The number of benzene rings is 1. The normalized spacial score (nSPS) is 12.6. The number of carbonyl (C=O) groups excluding carboxylic acids is 1. The maximum atomic E-state index is 12.5. The van der Waals surface area contributed by atoms with Crippen molar-refractivity contribution in [3.8, 4) is 0 Å². The van der Waals surface area contributed by atoms with Gasteiger partial charge in [0.2, 0.25) is 5.91 Å². The first-order chi connectivity index (χ1) is 9.49. The highest BCUT2D eigenvalue weighted by Crippen LogP contribution is 2.21. The molecular weight excluding hydrogens is 270 g/mol. The zero-order valence-electron chi connectivity index (χ0n) is 12.4. The van der Waals surface area contributed by atoms with Crippen LogP contribution in [-0.2, 0) is 4.79 Å². The van der Waals surface area contributed by atoms with E-state index in [0.29, 0.717) is 17.9 Å². The van der Waals surface area contributed by atoms with Gasteiger partial charge in [0.05, 0.1) is 11.0 Å². The molecule has 0 bridgehead atoms. The number of rotatable bonds is 4. The van der Waals surface area contributed by atoms with Crippen LogP contribution in [0.1, 0.15) is 32.4 Å². The monoisotopic (exact) mass is 291 g/mol. The highest BCUT2D eigenvalue weighted by molar-refractivity contribution is 7.71. The Balaban J connectivity index is 2.49. The minimum Gasteiger partial charge on any atom is -0.341 e. The van der Waals surface area contributed by atoms with Crippen molar-refractivity contribution in [2.45, 2.75) is 33.7 Å². The lowest BCUT2D eigenvalue weighted by Gasteiger charge is -2.24. The van der Waals surface area contributed by atoms with Crippen LogP contribution in [0.15, 0.2) is 18.2 Å². The number of fused-ring (bicyclic) bond motifs is 1.